The zero-order chi connectivity index (χ0) is 13.3. The van der Waals surface area contributed by atoms with Gasteiger partial charge in [0.15, 0.2) is 0 Å². The number of hydrogen-bond donors (Lipinski definition) is 0. The van der Waals surface area contributed by atoms with E-state index in [1.165, 1.54) is 10.5 Å². The Morgan fingerprint density at radius 3 is 2.47 bits per heavy atom. The molecule has 1 rings (SSSR count). The van der Waals surface area contributed by atoms with E-state index in [-0.39, 0.29) is 0 Å². The summed E-state index contributed by atoms with van der Waals surface area (Å²) in [5, 5.41) is 8.56. The molecule has 0 bridgehead atoms. The second-order valence-electron chi connectivity index (χ2n) is 3.51. The van der Waals surface area contributed by atoms with Crippen LogP contribution in [0.4, 0.5) is 0 Å². The van der Waals surface area contributed by atoms with Crippen LogP contribution in [-0.4, -0.2) is 12.9 Å². The van der Waals surface area contributed by atoms with Gasteiger partial charge in [0.05, 0.1) is 18.9 Å². The van der Waals surface area contributed by atoms with Crippen molar-refractivity contribution in [2.75, 3.05) is 12.9 Å². The van der Waals surface area contributed by atoms with E-state index in [1.54, 1.807) is 18.9 Å². The Morgan fingerprint density at radius 1 is 1.35 bits per heavy atom. The summed E-state index contributed by atoms with van der Waals surface area (Å²) < 4.78 is 5.19. The minimum Gasteiger partial charge on any atom is -0.497 e. The molecule has 1 aromatic carbocycles. The molecule has 0 saturated carbocycles. The molecule has 0 amide bonds. The van der Waals surface area contributed by atoms with Gasteiger partial charge in [-0.05, 0) is 29.7 Å². The molecule has 0 aliphatic carbocycles. The minimum atomic E-state index is 0.446. The van der Waals surface area contributed by atoms with Crippen LogP contribution >= 0.6 is 11.8 Å². The molecule has 0 aliphatic rings. The van der Waals surface area contributed by atoms with Crippen molar-refractivity contribution in [2.45, 2.75) is 38.5 Å². The van der Waals surface area contributed by atoms with Crippen molar-refractivity contribution in [3.8, 4) is 11.8 Å². The standard InChI is InChI=1S/C12H15NOS.C2H6/c1-9(2)11-8-10(14-3)4-5-12(11)15-7-6-13;1-2/h4-5,8-9H,7H2,1-3H3;1-2H3. The Labute approximate surface area is 109 Å². The Balaban J connectivity index is 0.00000121. The second-order valence-corrected chi connectivity index (χ2v) is 4.52. The van der Waals surface area contributed by atoms with Gasteiger partial charge in [-0.2, -0.15) is 5.26 Å². The zero-order valence-electron chi connectivity index (χ0n) is 11.3. The summed E-state index contributed by atoms with van der Waals surface area (Å²) in [6.45, 7) is 8.29. The van der Waals surface area contributed by atoms with Gasteiger partial charge in [0.1, 0.15) is 5.75 Å². The SMILES string of the molecule is CC.COc1ccc(SCC#N)c(C(C)C)c1. The van der Waals surface area contributed by atoms with Gasteiger partial charge in [-0.1, -0.05) is 27.7 Å². The molecule has 0 heterocycles. The average molecular weight is 251 g/mol. The van der Waals surface area contributed by atoms with E-state index in [1.807, 2.05) is 32.0 Å². The number of benzene rings is 1. The van der Waals surface area contributed by atoms with Crippen LogP contribution in [-0.2, 0) is 0 Å². The Kier molecular flexibility index (Phi) is 8.35. The van der Waals surface area contributed by atoms with Gasteiger partial charge in [0, 0.05) is 4.90 Å². The highest BCUT2D eigenvalue weighted by Crippen LogP contribution is 2.31. The van der Waals surface area contributed by atoms with E-state index in [4.69, 9.17) is 10.00 Å². The summed E-state index contributed by atoms with van der Waals surface area (Å²) in [5.41, 5.74) is 1.25. The van der Waals surface area contributed by atoms with Gasteiger partial charge in [-0.3, -0.25) is 0 Å². The zero-order valence-corrected chi connectivity index (χ0v) is 12.1. The van der Waals surface area contributed by atoms with Gasteiger partial charge in [-0.15, -0.1) is 11.8 Å². The second kappa shape index (κ2) is 8.95. The van der Waals surface area contributed by atoms with Crippen LogP contribution < -0.4 is 4.74 Å². The van der Waals surface area contributed by atoms with Gasteiger partial charge in [-0.25, -0.2) is 0 Å². The van der Waals surface area contributed by atoms with Crippen molar-refractivity contribution in [3.63, 3.8) is 0 Å². The van der Waals surface area contributed by atoms with Crippen LogP contribution in [0.3, 0.4) is 0 Å². The Bertz CT molecular complexity index is 369. The first kappa shape index (κ1) is 15.9. The summed E-state index contributed by atoms with van der Waals surface area (Å²) in [7, 11) is 1.67. The van der Waals surface area contributed by atoms with Crippen molar-refractivity contribution < 1.29 is 4.74 Å². The predicted octanol–water partition coefficient (Wildman–Crippen LogP) is 4.46. The van der Waals surface area contributed by atoms with Crippen LogP contribution in [0.1, 0.15) is 39.2 Å². The molecule has 1 aromatic rings. The van der Waals surface area contributed by atoms with Crippen LogP contribution in [0.15, 0.2) is 23.1 Å². The molecule has 17 heavy (non-hydrogen) atoms. The van der Waals surface area contributed by atoms with Crippen molar-refractivity contribution in [1.29, 1.82) is 5.26 Å². The molecule has 0 fully saturated rings. The molecular formula is C14H21NOS. The molecule has 2 nitrogen and oxygen atoms in total. The largest absolute Gasteiger partial charge is 0.497 e. The minimum absolute atomic E-state index is 0.446. The van der Waals surface area contributed by atoms with E-state index >= 15 is 0 Å². The Hall–Kier alpha value is -1.14. The summed E-state index contributed by atoms with van der Waals surface area (Å²) in [4.78, 5) is 1.17. The number of thioether (sulfide) groups is 1. The van der Waals surface area contributed by atoms with Crippen molar-refractivity contribution >= 4 is 11.8 Å². The lowest BCUT2D eigenvalue weighted by atomic mass is 10.0. The van der Waals surface area contributed by atoms with E-state index in [2.05, 4.69) is 19.9 Å². The summed E-state index contributed by atoms with van der Waals surface area (Å²) in [6.07, 6.45) is 0. The highest BCUT2D eigenvalue weighted by Gasteiger charge is 2.08. The van der Waals surface area contributed by atoms with E-state index in [0.29, 0.717) is 11.7 Å². The van der Waals surface area contributed by atoms with Gasteiger partial charge < -0.3 is 4.74 Å². The molecule has 0 aliphatic heterocycles. The topological polar surface area (TPSA) is 33.0 Å². The van der Waals surface area contributed by atoms with Crippen LogP contribution in [0.25, 0.3) is 0 Å². The normalized spacial score (nSPS) is 9.24. The third-order valence-electron chi connectivity index (χ3n) is 2.13. The number of nitrogens with zero attached hydrogens (tertiary/aromatic N) is 1. The highest BCUT2D eigenvalue weighted by molar-refractivity contribution is 7.99. The lowest BCUT2D eigenvalue weighted by Gasteiger charge is -2.12. The van der Waals surface area contributed by atoms with Crippen LogP contribution in [0, 0.1) is 11.3 Å². The first-order valence-corrected chi connectivity index (χ1v) is 6.85. The smallest absolute Gasteiger partial charge is 0.119 e. The fraction of sp³-hybridized carbons (Fsp3) is 0.500. The molecule has 0 radical (unpaired) electrons. The monoisotopic (exact) mass is 251 g/mol. The maximum Gasteiger partial charge on any atom is 0.119 e. The first-order valence-electron chi connectivity index (χ1n) is 5.86. The Morgan fingerprint density at radius 2 is 2.00 bits per heavy atom. The molecule has 0 saturated heterocycles. The molecule has 0 atom stereocenters. The number of hydrogen-bond acceptors (Lipinski definition) is 3. The maximum absolute atomic E-state index is 8.56. The fourth-order valence-corrected chi connectivity index (χ4v) is 2.19. The summed E-state index contributed by atoms with van der Waals surface area (Å²) in [5.74, 6) is 1.81. The van der Waals surface area contributed by atoms with Crippen molar-refractivity contribution in [2.24, 2.45) is 0 Å². The number of methoxy groups -OCH3 is 1. The van der Waals surface area contributed by atoms with Crippen molar-refractivity contribution in [3.05, 3.63) is 23.8 Å². The van der Waals surface area contributed by atoms with E-state index in [0.717, 1.165) is 5.75 Å². The number of rotatable bonds is 4. The van der Waals surface area contributed by atoms with Crippen LogP contribution in [0.5, 0.6) is 5.75 Å². The summed E-state index contributed by atoms with van der Waals surface area (Å²) >= 11 is 1.58. The molecule has 94 valence electrons. The first-order chi connectivity index (χ1) is 8.19. The average Bonchev–Trinajstić information content (AvgIpc) is 2.38. The van der Waals surface area contributed by atoms with E-state index < -0.39 is 0 Å². The molecule has 3 heteroatoms. The molecule has 0 spiro atoms. The number of ether oxygens (including phenoxy) is 1. The van der Waals surface area contributed by atoms with Crippen molar-refractivity contribution in [1.82, 2.24) is 0 Å². The van der Waals surface area contributed by atoms with Gasteiger partial charge in [0.25, 0.3) is 0 Å². The predicted molar refractivity (Wildman–Crippen MR) is 74.8 cm³/mol. The van der Waals surface area contributed by atoms with Crippen LogP contribution in [0.2, 0.25) is 0 Å². The van der Waals surface area contributed by atoms with Gasteiger partial charge >= 0.3 is 0 Å². The highest BCUT2D eigenvalue weighted by atomic mass is 32.2. The van der Waals surface area contributed by atoms with Gasteiger partial charge in [0.2, 0.25) is 0 Å². The molecule has 0 unspecified atom stereocenters. The van der Waals surface area contributed by atoms with E-state index in [9.17, 15) is 0 Å². The molecule has 0 N–H and O–H groups in total. The quantitative estimate of drug-likeness (QED) is 0.741. The number of nitriles is 1. The summed E-state index contributed by atoms with van der Waals surface area (Å²) in [6, 6.07) is 8.15. The lowest BCUT2D eigenvalue weighted by Crippen LogP contribution is -1.93. The molecular weight excluding hydrogens is 230 g/mol. The molecule has 0 aromatic heterocycles. The lowest BCUT2D eigenvalue weighted by molar-refractivity contribution is 0.413. The maximum atomic E-state index is 8.56. The third-order valence-corrected chi connectivity index (χ3v) is 3.09. The fourth-order valence-electron chi connectivity index (χ4n) is 1.35. The third kappa shape index (κ3) is 5.14.